The van der Waals surface area contributed by atoms with Gasteiger partial charge in [-0.2, -0.15) is 0 Å². The predicted molar refractivity (Wildman–Crippen MR) is 87.5 cm³/mol. The lowest BCUT2D eigenvalue weighted by molar-refractivity contribution is -0.673. The third kappa shape index (κ3) is 2.63. The molecule has 1 aromatic carbocycles. The number of ether oxygens (including phenoxy) is 1. The van der Waals surface area contributed by atoms with Gasteiger partial charge in [0.15, 0.2) is 6.20 Å². The molecule has 21 heavy (non-hydrogen) atoms. The normalized spacial score (nSPS) is 15.4. The van der Waals surface area contributed by atoms with Crippen molar-refractivity contribution in [2.75, 3.05) is 18.6 Å². The van der Waals surface area contributed by atoms with E-state index in [-0.39, 0.29) is 0 Å². The van der Waals surface area contributed by atoms with Crippen LogP contribution >= 0.6 is 11.8 Å². The van der Waals surface area contributed by atoms with E-state index in [0.29, 0.717) is 0 Å². The van der Waals surface area contributed by atoms with E-state index in [2.05, 4.69) is 59.8 Å². The Kier molecular flexibility index (Phi) is 3.88. The van der Waals surface area contributed by atoms with Gasteiger partial charge in [0.25, 0.3) is 0 Å². The predicted octanol–water partition coefficient (Wildman–Crippen LogP) is 3.45. The molecule has 3 nitrogen and oxygen atoms in total. The van der Waals surface area contributed by atoms with Crippen molar-refractivity contribution in [3.63, 3.8) is 0 Å². The van der Waals surface area contributed by atoms with Crippen molar-refractivity contribution in [2.24, 2.45) is 7.05 Å². The van der Waals surface area contributed by atoms with Gasteiger partial charge < -0.3 is 9.64 Å². The third-order valence-electron chi connectivity index (χ3n) is 3.62. The quantitative estimate of drug-likeness (QED) is 0.808. The number of aromatic nitrogens is 1. The molecule has 0 atom stereocenters. The average molecular weight is 299 g/mol. The van der Waals surface area contributed by atoms with Crippen LogP contribution in [0.3, 0.4) is 0 Å². The Morgan fingerprint density at radius 1 is 1.29 bits per heavy atom. The first-order valence-corrected chi connectivity index (χ1v) is 7.84. The van der Waals surface area contributed by atoms with Gasteiger partial charge >= 0.3 is 0 Å². The molecule has 0 bridgehead atoms. The second kappa shape index (κ2) is 5.82. The summed E-state index contributed by atoms with van der Waals surface area (Å²) in [7, 11) is 3.75. The number of benzene rings is 1. The first kappa shape index (κ1) is 14.0. The van der Waals surface area contributed by atoms with Gasteiger partial charge in [0.2, 0.25) is 5.69 Å². The maximum absolute atomic E-state index is 5.33. The molecule has 0 saturated carbocycles. The van der Waals surface area contributed by atoms with Crippen LogP contribution in [0, 0.1) is 0 Å². The summed E-state index contributed by atoms with van der Waals surface area (Å²) in [5.41, 5.74) is 2.42. The van der Waals surface area contributed by atoms with E-state index in [1.807, 2.05) is 24.0 Å². The van der Waals surface area contributed by atoms with Crippen molar-refractivity contribution in [1.29, 1.82) is 0 Å². The van der Waals surface area contributed by atoms with Gasteiger partial charge in [-0.25, -0.2) is 4.57 Å². The molecule has 2 heterocycles. The number of anilines is 1. The van der Waals surface area contributed by atoms with Gasteiger partial charge in [-0.3, -0.25) is 0 Å². The number of fused-ring (bicyclic) bond motifs is 1. The highest BCUT2D eigenvalue weighted by Gasteiger charge is 2.24. The molecule has 0 spiro atoms. The molecule has 0 amide bonds. The fourth-order valence-electron chi connectivity index (χ4n) is 2.45. The van der Waals surface area contributed by atoms with Crippen LogP contribution in [0.25, 0.3) is 6.08 Å². The van der Waals surface area contributed by atoms with E-state index in [0.717, 1.165) is 18.0 Å². The maximum atomic E-state index is 5.33. The Morgan fingerprint density at radius 2 is 2.10 bits per heavy atom. The summed E-state index contributed by atoms with van der Waals surface area (Å²) in [6, 6.07) is 12.6. The molecule has 0 fully saturated rings. The molecule has 0 aliphatic carbocycles. The van der Waals surface area contributed by atoms with Crippen LogP contribution in [-0.4, -0.2) is 13.7 Å². The minimum absolute atomic E-state index is 0.878. The smallest absolute Gasteiger partial charge is 0.211 e. The summed E-state index contributed by atoms with van der Waals surface area (Å²) < 4.78 is 7.43. The molecule has 0 N–H and O–H groups in total. The lowest BCUT2D eigenvalue weighted by atomic mass is 10.2. The second-order valence-electron chi connectivity index (χ2n) is 4.90. The number of nitrogens with zero attached hydrogens (tertiary/aromatic N) is 2. The van der Waals surface area contributed by atoms with Gasteiger partial charge in [-0.1, -0.05) is 23.9 Å². The summed E-state index contributed by atoms with van der Waals surface area (Å²) in [5.74, 6) is 0.878. The zero-order chi connectivity index (χ0) is 14.8. The van der Waals surface area contributed by atoms with Crippen molar-refractivity contribution in [2.45, 2.75) is 11.8 Å². The molecule has 0 radical (unpaired) electrons. The van der Waals surface area contributed by atoms with Gasteiger partial charge in [0.05, 0.1) is 23.9 Å². The SMILES string of the molecule is CCN1/C(=C/c2cc(OC)cc[n+]2C)Sc2ccccc21. The molecule has 3 rings (SSSR count). The highest BCUT2D eigenvalue weighted by atomic mass is 32.2. The van der Waals surface area contributed by atoms with E-state index in [4.69, 9.17) is 4.74 Å². The van der Waals surface area contributed by atoms with Crippen LogP contribution in [-0.2, 0) is 7.05 Å². The van der Waals surface area contributed by atoms with Crippen molar-refractivity contribution >= 4 is 23.5 Å². The highest BCUT2D eigenvalue weighted by molar-refractivity contribution is 8.03. The van der Waals surface area contributed by atoms with Gasteiger partial charge in [0.1, 0.15) is 12.8 Å². The highest BCUT2D eigenvalue weighted by Crippen LogP contribution is 2.46. The molecule has 1 aliphatic rings. The van der Waals surface area contributed by atoms with Crippen LogP contribution < -0.4 is 14.2 Å². The van der Waals surface area contributed by atoms with E-state index < -0.39 is 0 Å². The van der Waals surface area contributed by atoms with Crippen LogP contribution in [0.5, 0.6) is 5.75 Å². The molecule has 108 valence electrons. The van der Waals surface area contributed by atoms with Crippen molar-refractivity contribution in [3.8, 4) is 5.75 Å². The van der Waals surface area contributed by atoms with Gasteiger partial charge in [0, 0.05) is 23.6 Å². The Balaban J connectivity index is 2.01. The zero-order valence-corrected chi connectivity index (χ0v) is 13.4. The number of rotatable bonds is 3. The van der Waals surface area contributed by atoms with Gasteiger partial charge in [-0.05, 0) is 19.1 Å². The van der Waals surface area contributed by atoms with Crippen LogP contribution in [0.1, 0.15) is 12.6 Å². The summed E-state index contributed by atoms with van der Waals surface area (Å²) in [5, 5.41) is 1.25. The number of para-hydroxylation sites is 1. The number of pyridine rings is 1. The van der Waals surface area contributed by atoms with Crippen LogP contribution in [0.2, 0.25) is 0 Å². The minimum Gasteiger partial charge on any atom is -0.496 e. The second-order valence-corrected chi connectivity index (χ2v) is 5.96. The topological polar surface area (TPSA) is 16.4 Å². The third-order valence-corrected chi connectivity index (χ3v) is 4.73. The molecule has 0 saturated heterocycles. The number of hydrogen-bond donors (Lipinski definition) is 0. The van der Waals surface area contributed by atoms with E-state index in [1.165, 1.54) is 15.6 Å². The summed E-state index contributed by atoms with van der Waals surface area (Å²) in [4.78, 5) is 3.66. The largest absolute Gasteiger partial charge is 0.496 e. The van der Waals surface area contributed by atoms with E-state index in [1.54, 1.807) is 7.11 Å². The zero-order valence-electron chi connectivity index (χ0n) is 12.5. The number of methoxy groups -OCH3 is 1. The number of thioether (sulfide) groups is 1. The summed E-state index contributed by atoms with van der Waals surface area (Å²) in [6.07, 6.45) is 4.24. The molecule has 2 aromatic rings. The Labute approximate surface area is 129 Å². The van der Waals surface area contributed by atoms with E-state index >= 15 is 0 Å². The Hall–Kier alpha value is -1.94. The van der Waals surface area contributed by atoms with E-state index in [9.17, 15) is 0 Å². The van der Waals surface area contributed by atoms with Crippen LogP contribution in [0.15, 0.2) is 52.5 Å². The number of aryl methyl sites for hydroxylation is 1. The monoisotopic (exact) mass is 299 g/mol. The molecule has 1 aliphatic heterocycles. The van der Waals surface area contributed by atoms with Gasteiger partial charge in [-0.15, -0.1) is 0 Å². The molecular formula is C17H19N2OS+. The fourth-order valence-corrected chi connectivity index (χ4v) is 3.62. The Morgan fingerprint density at radius 3 is 2.86 bits per heavy atom. The Bertz CT molecular complexity index is 697. The fraction of sp³-hybridized carbons (Fsp3) is 0.235. The summed E-state index contributed by atoms with van der Waals surface area (Å²) >= 11 is 1.82. The first-order chi connectivity index (χ1) is 10.2. The number of hydrogen-bond acceptors (Lipinski definition) is 3. The molecule has 0 unspecified atom stereocenters. The minimum atomic E-state index is 0.878. The van der Waals surface area contributed by atoms with Crippen molar-refractivity contribution < 1.29 is 9.30 Å². The molecular weight excluding hydrogens is 280 g/mol. The molecule has 1 aromatic heterocycles. The lowest BCUT2D eigenvalue weighted by Crippen LogP contribution is -2.31. The van der Waals surface area contributed by atoms with Crippen molar-refractivity contribution in [1.82, 2.24) is 0 Å². The molecule has 4 heteroatoms. The standard InChI is InChI=1S/C17H19N2OS/c1-4-19-15-7-5-6-8-16(15)21-17(19)12-13-11-14(20-3)9-10-18(13)2/h5-12H,4H2,1-3H3/q+1. The van der Waals surface area contributed by atoms with Crippen LogP contribution in [0.4, 0.5) is 5.69 Å². The first-order valence-electron chi connectivity index (χ1n) is 7.02. The van der Waals surface area contributed by atoms with Crippen molar-refractivity contribution in [3.05, 3.63) is 53.3 Å². The average Bonchev–Trinajstić information content (AvgIpc) is 2.86. The maximum Gasteiger partial charge on any atom is 0.211 e. The lowest BCUT2D eigenvalue weighted by Gasteiger charge is -2.17. The summed E-state index contributed by atoms with van der Waals surface area (Å²) in [6.45, 7) is 3.14.